The van der Waals surface area contributed by atoms with Crippen molar-refractivity contribution < 1.29 is 19.1 Å². The second kappa shape index (κ2) is 14.0. The molecule has 0 radical (unpaired) electrons. The number of rotatable bonds is 10. The Morgan fingerprint density at radius 2 is 1.52 bits per heavy atom. The maximum Gasteiger partial charge on any atom is 0.272 e. The molecule has 0 atom stereocenters. The molecule has 40 heavy (non-hydrogen) atoms. The van der Waals surface area contributed by atoms with Crippen molar-refractivity contribution in [3.63, 3.8) is 0 Å². The number of carbonyl (C=O) groups excluding carboxylic acids is 3. The summed E-state index contributed by atoms with van der Waals surface area (Å²) in [6.45, 7) is 0. The lowest BCUT2D eigenvalue weighted by molar-refractivity contribution is -0.114. The van der Waals surface area contributed by atoms with Gasteiger partial charge >= 0.3 is 0 Å². The molecule has 9 heteroatoms. The summed E-state index contributed by atoms with van der Waals surface area (Å²) < 4.78 is 5.20. The van der Waals surface area contributed by atoms with Crippen LogP contribution in [0.25, 0.3) is 6.08 Å². The molecule has 7 nitrogen and oxygen atoms in total. The largest absolute Gasteiger partial charge is 0.497 e. The molecule has 0 unspecified atom stereocenters. The lowest BCUT2D eigenvalue weighted by Gasteiger charge is -2.12. The number of thioether (sulfide) groups is 1. The Bertz CT molecular complexity index is 1530. The summed E-state index contributed by atoms with van der Waals surface area (Å²) in [6, 6.07) is 29.8. The number of ether oxygens (including phenoxy) is 1. The molecule has 0 aromatic heterocycles. The predicted molar refractivity (Wildman–Crippen MR) is 161 cm³/mol. The third kappa shape index (κ3) is 8.49. The highest BCUT2D eigenvalue weighted by Gasteiger charge is 2.15. The third-order valence-electron chi connectivity index (χ3n) is 5.53. The molecular formula is C31H26ClN3O4S. The summed E-state index contributed by atoms with van der Waals surface area (Å²) in [6.07, 6.45) is 1.59. The van der Waals surface area contributed by atoms with Crippen molar-refractivity contribution in [2.45, 2.75) is 4.90 Å². The van der Waals surface area contributed by atoms with Gasteiger partial charge in [-0.3, -0.25) is 14.4 Å². The van der Waals surface area contributed by atoms with Crippen molar-refractivity contribution in [1.82, 2.24) is 5.32 Å². The Morgan fingerprint density at radius 1 is 0.825 bits per heavy atom. The Kier molecular flexibility index (Phi) is 9.99. The van der Waals surface area contributed by atoms with Gasteiger partial charge < -0.3 is 20.7 Å². The van der Waals surface area contributed by atoms with Crippen LogP contribution in [0.15, 0.2) is 114 Å². The van der Waals surface area contributed by atoms with E-state index >= 15 is 0 Å². The van der Waals surface area contributed by atoms with Gasteiger partial charge in [0.1, 0.15) is 11.4 Å². The number of anilines is 2. The highest BCUT2D eigenvalue weighted by Crippen LogP contribution is 2.23. The minimum absolute atomic E-state index is 0.0676. The first-order chi connectivity index (χ1) is 19.4. The number of amides is 3. The zero-order valence-electron chi connectivity index (χ0n) is 21.5. The van der Waals surface area contributed by atoms with E-state index in [0.29, 0.717) is 33.3 Å². The van der Waals surface area contributed by atoms with E-state index in [-0.39, 0.29) is 17.4 Å². The monoisotopic (exact) mass is 571 g/mol. The summed E-state index contributed by atoms with van der Waals surface area (Å²) in [5, 5.41) is 8.91. The van der Waals surface area contributed by atoms with Crippen molar-refractivity contribution in [3.05, 3.63) is 125 Å². The van der Waals surface area contributed by atoms with Gasteiger partial charge in [0.15, 0.2) is 0 Å². The molecule has 3 N–H and O–H groups in total. The van der Waals surface area contributed by atoms with Gasteiger partial charge in [-0.2, -0.15) is 0 Å². The lowest BCUT2D eigenvalue weighted by atomic mass is 10.1. The molecule has 4 aromatic rings. The van der Waals surface area contributed by atoms with Crippen LogP contribution in [-0.2, 0) is 9.59 Å². The number of methoxy groups -OCH3 is 1. The average Bonchev–Trinajstić information content (AvgIpc) is 2.97. The molecule has 0 aliphatic rings. The number of hydrogen-bond acceptors (Lipinski definition) is 5. The van der Waals surface area contributed by atoms with Gasteiger partial charge in [-0.25, -0.2) is 0 Å². The number of hydrogen-bond donors (Lipinski definition) is 3. The van der Waals surface area contributed by atoms with Crippen LogP contribution in [0, 0.1) is 0 Å². The molecule has 0 saturated carbocycles. The molecule has 3 amide bonds. The second-order valence-electron chi connectivity index (χ2n) is 8.48. The Hall–Kier alpha value is -4.53. The third-order valence-corrected chi connectivity index (χ3v) is 6.75. The van der Waals surface area contributed by atoms with E-state index < -0.39 is 11.8 Å². The maximum atomic E-state index is 13.3. The van der Waals surface area contributed by atoms with Gasteiger partial charge in [-0.1, -0.05) is 54.1 Å². The molecule has 0 aliphatic heterocycles. The van der Waals surface area contributed by atoms with E-state index in [1.54, 1.807) is 104 Å². The topological polar surface area (TPSA) is 96.5 Å². The van der Waals surface area contributed by atoms with E-state index in [1.165, 1.54) is 11.8 Å². The van der Waals surface area contributed by atoms with Crippen LogP contribution in [0.4, 0.5) is 11.4 Å². The molecule has 4 aromatic carbocycles. The summed E-state index contributed by atoms with van der Waals surface area (Å²) in [5.41, 5.74) is 2.32. The molecule has 202 valence electrons. The fraction of sp³-hybridized carbons (Fsp3) is 0.0645. The number of benzene rings is 4. The lowest BCUT2D eigenvalue weighted by Crippen LogP contribution is -2.30. The van der Waals surface area contributed by atoms with Crippen molar-refractivity contribution in [3.8, 4) is 5.75 Å². The summed E-state index contributed by atoms with van der Waals surface area (Å²) in [5.74, 6) is -0.256. The first-order valence-electron chi connectivity index (χ1n) is 12.2. The predicted octanol–water partition coefficient (Wildman–Crippen LogP) is 6.49. The van der Waals surface area contributed by atoms with E-state index in [0.717, 1.165) is 4.90 Å². The summed E-state index contributed by atoms with van der Waals surface area (Å²) in [7, 11) is 1.57. The minimum Gasteiger partial charge on any atom is -0.497 e. The molecule has 0 bridgehead atoms. The number of halogens is 1. The van der Waals surface area contributed by atoms with Crippen molar-refractivity contribution in [2.24, 2.45) is 0 Å². The van der Waals surface area contributed by atoms with Gasteiger partial charge in [0.05, 0.1) is 12.9 Å². The molecule has 0 saturated heterocycles. The molecule has 0 fully saturated rings. The van der Waals surface area contributed by atoms with Crippen LogP contribution in [0.2, 0.25) is 5.02 Å². The van der Waals surface area contributed by atoms with Crippen molar-refractivity contribution >= 4 is 58.5 Å². The fourth-order valence-corrected chi connectivity index (χ4v) is 4.53. The van der Waals surface area contributed by atoms with Crippen LogP contribution in [0.5, 0.6) is 5.75 Å². The van der Waals surface area contributed by atoms with E-state index in [2.05, 4.69) is 16.0 Å². The highest BCUT2D eigenvalue weighted by atomic mass is 35.5. The molecular weight excluding hydrogens is 546 g/mol. The van der Waals surface area contributed by atoms with Gasteiger partial charge in [0.2, 0.25) is 5.91 Å². The van der Waals surface area contributed by atoms with E-state index in [4.69, 9.17) is 16.3 Å². The number of nitrogens with one attached hydrogen (secondary N) is 3. The highest BCUT2D eigenvalue weighted by molar-refractivity contribution is 8.00. The van der Waals surface area contributed by atoms with Gasteiger partial charge in [-0.05, 0) is 72.3 Å². The zero-order chi connectivity index (χ0) is 28.3. The summed E-state index contributed by atoms with van der Waals surface area (Å²) >= 11 is 7.30. The Labute approximate surface area is 241 Å². The smallest absolute Gasteiger partial charge is 0.272 e. The van der Waals surface area contributed by atoms with Crippen LogP contribution < -0.4 is 20.7 Å². The minimum atomic E-state index is -0.499. The maximum absolute atomic E-state index is 13.3. The average molecular weight is 572 g/mol. The first kappa shape index (κ1) is 28.5. The SMILES string of the molecule is COc1ccc(/C=C(/NC(=O)c2ccccc2)C(=O)Nc2cccc(SCC(=O)Nc3cccc(Cl)c3)c2)cc1. The Morgan fingerprint density at radius 3 is 2.23 bits per heavy atom. The van der Waals surface area contributed by atoms with Crippen LogP contribution in [0.3, 0.4) is 0 Å². The molecule has 0 spiro atoms. The fourth-order valence-electron chi connectivity index (χ4n) is 3.58. The van der Waals surface area contributed by atoms with E-state index in [1.807, 2.05) is 12.1 Å². The second-order valence-corrected chi connectivity index (χ2v) is 9.97. The van der Waals surface area contributed by atoms with Gasteiger partial charge in [-0.15, -0.1) is 11.8 Å². The quantitative estimate of drug-likeness (QED) is 0.149. The van der Waals surface area contributed by atoms with Crippen molar-refractivity contribution in [1.29, 1.82) is 0 Å². The van der Waals surface area contributed by atoms with Gasteiger partial charge in [0, 0.05) is 26.9 Å². The van der Waals surface area contributed by atoms with Crippen LogP contribution >= 0.6 is 23.4 Å². The van der Waals surface area contributed by atoms with E-state index in [9.17, 15) is 14.4 Å². The summed E-state index contributed by atoms with van der Waals surface area (Å²) in [4.78, 5) is 39.3. The standard InChI is InChI=1S/C31H26ClN3O4S/c1-39-26-15-13-21(14-16-26)17-28(35-30(37)22-7-3-2-4-8-22)31(38)34-25-11-6-12-27(19-25)40-20-29(36)33-24-10-5-9-23(32)18-24/h2-19H,20H2,1H3,(H,33,36)(H,34,38)(H,35,37)/b28-17+. The molecule has 4 rings (SSSR count). The van der Waals surface area contributed by atoms with Crippen LogP contribution in [-0.4, -0.2) is 30.6 Å². The normalized spacial score (nSPS) is 10.9. The molecule has 0 heterocycles. The van der Waals surface area contributed by atoms with Gasteiger partial charge in [0.25, 0.3) is 11.8 Å². The Balaban J connectivity index is 1.45. The zero-order valence-corrected chi connectivity index (χ0v) is 23.1. The van der Waals surface area contributed by atoms with Crippen LogP contribution in [0.1, 0.15) is 15.9 Å². The molecule has 0 aliphatic carbocycles. The van der Waals surface area contributed by atoms with Crippen molar-refractivity contribution in [2.75, 3.05) is 23.5 Å². The number of carbonyl (C=O) groups is 3. The first-order valence-corrected chi connectivity index (χ1v) is 13.6.